The zero-order valence-corrected chi connectivity index (χ0v) is 16.9. The molecule has 0 aliphatic carbocycles. The SMILES string of the molecule is COc1cccc(-c2nnn(CC(=O)N3c4ccccc4Sc4ccccc43)n2)c1. The fourth-order valence-corrected chi connectivity index (χ4v) is 4.41. The van der Waals surface area contributed by atoms with E-state index >= 15 is 0 Å². The van der Waals surface area contributed by atoms with E-state index in [1.54, 1.807) is 23.8 Å². The minimum Gasteiger partial charge on any atom is -0.497 e. The average molecular weight is 415 g/mol. The van der Waals surface area contributed by atoms with Gasteiger partial charge in [-0.2, -0.15) is 4.80 Å². The first-order valence-electron chi connectivity index (χ1n) is 9.34. The first-order valence-corrected chi connectivity index (χ1v) is 10.2. The minimum absolute atomic E-state index is 0.0235. The van der Waals surface area contributed by atoms with Gasteiger partial charge in [-0.3, -0.25) is 9.69 Å². The van der Waals surface area contributed by atoms with Crippen molar-refractivity contribution in [2.75, 3.05) is 12.0 Å². The summed E-state index contributed by atoms with van der Waals surface area (Å²) in [5.74, 6) is 1.01. The molecule has 5 rings (SSSR count). The molecule has 4 aromatic rings. The Labute approximate surface area is 177 Å². The second-order valence-corrected chi connectivity index (χ2v) is 7.73. The first kappa shape index (κ1) is 18.4. The Morgan fingerprint density at radius 3 is 2.37 bits per heavy atom. The topological polar surface area (TPSA) is 73.1 Å². The van der Waals surface area contributed by atoms with Crippen LogP contribution in [0.3, 0.4) is 0 Å². The molecule has 0 atom stereocenters. The Kier molecular flexibility index (Phi) is 4.68. The number of nitrogens with zero attached hydrogens (tertiary/aromatic N) is 5. The largest absolute Gasteiger partial charge is 0.497 e. The van der Waals surface area contributed by atoms with Crippen molar-refractivity contribution in [3.05, 3.63) is 72.8 Å². The third-order valence-corrected chi connectivity index (χ3v) is 5.87. The summed E-state index contributed by atoms with van der Waals surface area (Å²) in [6.45, 7) is -0.0235. The zero-order valence-electron chi connectivity index (χ0n) is 16.1. The molecule has 1 aromatic heterocycles. The predicted octanol–water partition coefficient (Wildman–Crippen LogP) is 4.18. The highest BCUT2D eigenvalue weighted by molar-refractivity contribution is 7.99. The fourth-order valence-electron chi connectivity index (χ4n) is 3.35. The van der Waals surface area contributed by atoms with Gasteiger partial charge in [-0.1, -0.05) is 48.2 Å². The van der Waals surface area contributed by atoms with Gasteiger partial charge in [0.05, 0.1) is 18.5 Å². The zero-order chi connectivity index (χ0) is 20.5. The van der Waals surface area contributed by atoms with Gasteiger partial charge in [0.25, 0.3) is 5.91 Å². The number of hydrogen-bond acceptors (Lipinski definition) is 6. The molecule has 30 heavy (non-hydrogen) atoms. The van der Waals surface area contributed by atoms with Crippen molar-refractivity contribution >= 4 is 29.0 Å². The van der Waals surface area contributed by atoms with Crippen LogP contribution in [0.1, 0.15) is 0 Å². The molecule has 0 unspecified atom stereocenters. The van der Waals surface area contributed by atoms with Gasteiger partial charge < -0.3 is 4.74 Å². The molecule has 0 saturated heterocycles. The number of tetrazole rings is 1. The molecule has 148 valence electrons. The van der Waals surface area contributed by atoms with Crippen LogP contribution in [-0.4, -0.2) is 33.2 Å². The lowest BCUT2D eigenvalue weighted by molar-refractivity contribution is -0.118. The standard InChI is InChI=1S/C22H17N5O2S/c1-29-16-8-6-7-15(13-16)22-23-25-26(24-22)14-21(28)27-17-9-2-4-11-19(17)30-20-12-5-3-10-18(20)27/h2-13H,14H2,1H3. The third kappa shape index (κ3) is 3.31. The normalized spacial score (nSPS) is 12.2. The Hall–Kier alpha value is -3.65. The Bertz CT molecular complexity index is 1190. The summed E-state index contributed by atoms with van der Waals surface area (Å²) in [4.78, 5) is 18.4. The van der Waals surface area contributed by atoms with Gasteiger partial charge in [-0.15, -0.1) is 10.2 Å². The van der Waals surface area contributed by atoms with Crippen LogP contribution in [0.25, 0.3) is 11.4 Å². The lowest BCUT2D eigenvalue weighted by atomic mass is 10.2. The quantitative estimate of drug-likeness (QED) is 0.498. The highest BCUT2D eigenvalue weighted by Crippen LogP contribution is 2.47. The Morgan fingerprint density at radius 2 is 1.67 bits per heavy atom. The number of para-hydroxylation sites is 2. The second-order valence-electron chi connectivity index (χ2n) is 6.64. The number of rotatable bonds is 4. The first-order chi connectivity index (χ1) is 14.7. The van der Waals surface area contributed by atoms with Crippen LogP contribution in [-0.2, 0) is 11.3 Å². The summed E-state index contributed by atoms with van der Waals surface area (Å²) >= 11 is 1.66. The number of carbonyl (C=O) groups excluding carboxylic acids is 1. The number of anilines is 2. The number of fused-ring (bicyclic) bond motifs is 2. The van der Waals surface area contributed by atoms with Gasteiger partial charge in [0.15, 0.2) is 0 Å². The lowest BCUT2D eigenvalue weighted by Crippen LogP contribution is -2.32. The molecule has 1 aliphatic rings. The summed E-state index contributed by atoms with van der Waals surface area (Å²) in [5.41, 5.74) is 2.50. The second kappa shape index (κ2) is 7.64. The minimum atomic E-state index is -0.134. The predicted molar refractivity (Wildman–Crippen MR) is 114 cm³/mol. The van der Waals surface area contributed by atoms with Crippen LogP contribution < -0.4 is 9.64 Å². The molecule has 1 amide bonds. The molecule has 0 saturated carbocycles. The van der Waals surface area contributed by atoms with E-state index in [0.29, 0.717) is 11.6 Å². The van der Waals surface area contributed by atoms with Gasteiger partial charge >= 0.3 is 0 Å². The molecule has 0 spiro atoms. The van der Waals surface area contributed by atoms with E-state index < -0.39 is 0 Å². The molecule has 3 aromatic carbocycles. The maximum Gasteiger partial charge on any atom is 0.255 e. The van der Waals surface area contributed by atoms with E-state index in [2.05, 4.69) is 15.4 Å². The van der Waals surface area contributed by atoms with Crippen molar-refractivity contribution in [2.45, 2.75) is 16.3 Å². The summed E-state index contributed by atoms with van der Waals surface area (Å²) in [6.07, 6.45) is 0. The highest BCUT2D eigenvalue weighted by atomic mass is 32.2. The maximum atomic E-state index is 13.3. The molecular weight excluding hydrogens is 398 g/mol. The summed E-state index contributed by atoms with van der Waals surface area (Å²) < 4.78 is 5.25. The summed E-state index contributed by atoms with van der Waals surface area (Å²) in [6, 6.07) is 23.2. The van der Waals surface area contributed by atoms with Crippen LogP contribution in [0.4, 0.5) is 11.4 Å². The van der Waals surface area contributed by atoms with E-state index in [1.165, 1.54) is 4.80 Å². The molecule has 0 radical (unpaired) electrons. The lowest BCUT2D eigenvalue weighted by Gasteiger charge is -2.30. The number of benzene rings is 3. The monoisotopic (exact) mass is 415 g/mol. The number of carbonyl (C=O) groups is 1. The smallest absolute Gasteiger partial charge is 0.255 e. The summed E-state index contributed by atoms with van der Waals surface area (Å²) in [5, 5.41) is 12.6. The van der Waals surface area contributed by atoms with Gasteiger partial charge in [0, 0.05) is 15.4 Å². The molecule has 0 N–H and O–H groups in total. The fraction of sp³-hybridized carbons (Fsp3) is 0.0909. The number of aromatic nitrogens is 4. The van der Waals surface area contributed by atoms with Crippen molar-refractivity contribution in [1.29, 1.82) is 0 Å². The van der Waals surface area contributed by atoms with Crippen LogP contribution in [0, 0.1) is 0 Å². The van der Waals surface area contributed by atoms with Crippen molar-refractivity contribution in [3.8, 4) is 17.1 Å². The number of methoxy groups -OCH3 is 1. The highest BCUT2D eigenvalue weighted by Gasteiger charge is 2.28. The maximum absolute atomic E-state index is 13.3. The summed E-state index contributed by atoms with van der Waals surface area (Å²) in [7, 11) is 1.61. The third-order valence-electron chi connectivity index (χ3n) is 4.74. The van der Waals surface area contributed by atoms with E-state index in [4.69, 9.17) is 4.74 Å². The van der Waals surface area contributed by atoms with Crippen LogP contribution in [0.15, 0.2) is 82.6 Å². The van der Waals surface area contributed by atoms with Gasteiger partial charge in [-0.05, 0) is 41.6 Å². The molecule has 2 heterocycles. The van der Waals surface area contributed by atoms with Crippen molar-refractivity contribution in [3.63, 3.8) is 0 Å². The van der Waals surface area contributed by atoms with Gasteiger partial charge in [-0.25, -0.2) is 0 Å². The average Bonchev–Trinajstić information content (AvgIpc) is 3.25. The Balaban J connectivity index is 1.45. The molecular formula is C22H17N5O2S. The van der Waals surface area contributed by atoms with Crippen molar-refractivity contribution in [1.82, 2.24) is 20.2 Å². The van der Waals surface area contributed by atoms with E-state index in [1.807, 2.05) is 72.8 Å². The molecule has 1 aliphatic heterocycles. The number of ether oxygens (including phenoxy) is 1. The van der Waals surface area contributed by atoms with Crippen LogP contribution in [0.5, 0.6) is 5.75 Å². The molecule has 7 nitrogen and oxygen atoms in total. The van der Waals surface area contributed by atoms with Gasteiger partial charge in [0.2, 0.25) is 5.82 Å². The molecule has 8 heteroatoms. The number of hydrogen-bond donors (Lipinski definition) is 0. The van der Waals surface area contributed by atoms with E-state index in [-0.39, 0.29) is 12.5 Å². The van der Waals surface area contributed by atoms with Crippen LogP contribution in [0.2, 0.25) is 0 Å². The van der Waals surface area contributed by atoms with Crippen molar-refractivity contribution < 1.29 is 9.53 Å². The van der Waals surface area contributed by atoms with E-state index in [9.17, 15) is 4.79 Å². The van der Waals surface area contributed by atoms with E-state index in [0.717, 1.165) is 26.7 Å². The Morgan fingerprint density at radius 1 is 0.967 bits per heavy atom. The van der Waals surface area contributed by atoms with Crippen LogP contribution >= 0.6 is 11.8 Å². The van der Waals surface area contributed by atoms with Gasteiger partial charge in [0.1, 0.15) is 12.3 Å². The molecule has 0 fully saturated rings. The molecule has 0 bridgehead atoms. The van der Waals surface area contributed by atoms with Crippen molar-refractivity contribution in [2.24, 2.45) is 0 Å². The number of amides is 1.